The second-order valence-electron chi connectivity index (χ2n) is 15.7. The molecule has 3 nitrogen and oxygen atoms in total. The second kappa shape index (κ2) is 14.3. The van der Waals surface area contributed by atoms with E-state index in [1.54, 1.807) is 0 Å². The first-order valence-corrected chi connectivity index (χ1v) is 20.8. The molecule has 2 aromatic heterocycles. The van der Waals surface area contributed by atoms with Crippen LogP contribution in [0.2, 0.25) is 0 Å². The van der Waals surface area contributed by atoms with Crippen LogP contribution in [0, 0.1) is 0 Å². The molecule has 0 amide bonds. The van der Waals surface area contributed by atoms with E-state index in [9.17, 15) is 0 Å². The third-order valence-corrected chi connectivity index (χ3v) is 12.2. The van der Waals surface area contributed by atoms with Crippen LogP contribution in [0.5, 0.6) is 0 Å². The minimum Gasteiger partial charge on any atom is -0.456 e. The fraction of sp³-hybridized carbons (Fsp3) is 0. The molecular weight excluding hydrogens is 741 g/mol. The number of para-hydroxylation sites is 4. The molecule has 0 fully saturated rings. The Balaban J connectivity index is 0.947. The molecule has 10 aromatic carbocycles. The minimum atomic E-state index is 0.878. The van der Waals surface area contributed by atoms with Crippen LogP contribution >= 0.6 is 0 Å². The average Bonchev–Trinajstić information content (AvgIpc) is 3.87. The quantitative estimate of drug-likeness (QED) is 0.161. The Hall–Kier alpha value is -8.14. The lowest BCUT2D eigenvalue weighted by atomic mass is 9.97. The lowest BCUT2D eigenvalue weighted by Gasteiger charge is -2.26. The van der Waals surface area contributed by atoms with E-state index in [0.717, 1.165) is 50.3 Å². The average molecular weight is 779 g/mol. The molecule has 12 aromatic rings. The van der Waals surface area contributed by atoms with Crippen LogP contribution < -0.4 is 4.90 Å². The Morgan fingerprint density at radius 1 is 0.311 bits per heavy atom. The molecule has 0 aliphatic heterocycles. The van der Waals surface area contributed by atoms with Gasteiger partial charge in [0.15, 0.2) is 0 Å². The molecule has 0 radical (unpaired) electrons. The molecule has 0 aliphatic rings. The number of furan rings is 1. The van der Waals surface area contributed by atoms with Crippen LogP contribution in [-0.2, 0) is 0 Å². The molecular formula is C58H38N2O. The summed E-state index contributed by atoms with van der Waals surface area (Å²) in [5, 5.41) is 7.21. The summed E-state index contributed by atoms with van der Waals surface area (Å²) in [5.74, 6) is 0. The smallest absolute Gasteiger partial charge is 0.135 e. The van der Waals surface area contributed by atoms with E-state index < -0.39 is 0 Å². The van der Waals surface area contributed by atoms with Crippen molar-refractivity contribution in [1.82, 2.24) is 4.57 Å². The van der Waals surface area contributed by atoms with Crippen molar-refractivity contribution in [2.24, 2.45) is 0 Å². The van der Waals surface area contributed by atoms with E-state index in [1.165, 1.54) is 60.4 Å². The molecule has 286 valence electrons. The summed E-state index contributed by atoms with van der Waals surface area (Å²) in [7, 11) is 0. The molecule has 61 heavy (non-hydrogen) atoms. The highest BCUT2D eigenvalue weighted by Crippen LogP contribution is 2.42. The van der Waals surface area contributed by atoms with Gasteiger partial charge in [0.05, 0.1) is 16.7 Å². The van der Waals surface area contributed by atoms with Crippen molar-refractivity contribution in [2.45, 2.75) is 0 Å². The van der Waals surface area contributed by atoms with Gasteiger partial charge in [-0.15, -0.1) is 0 Å². The Kier molecular flexibility index (Phi) is 8.17. The number of rotatable bonds is 7. The van der Waals surface area contributed by atoms with Gasteiger partial charge in [0.1, 0.15) is 11.2 Å². The van der Waals surface area contributed by atoms with E-state index in [0.29, 0.717) is 0 Å². The highest BCUT2D eigenvalue weighted by atomic mass is 16.3. The van der Waals surface area contributed by atoms with Crippen LogP contribution in [0.1, 0.15) is 0 Å². The van der Waals surface area contributed by atoms with Crippen molar-refractivity contribution in [3.05, 3.63) is 231 Å². The van der Waals surface area contributed by atoms with Crippen molar-refractivity contribution < 1.29 is 4.42 Å². The third kappa shape index (κ3) is 5.98. The second-order valence-corrected chi connectivity index (χ2v) is 15.7. The van der Waals surface area contributed by atoms with E-state index in [-0.39, 0.29) is 0 Å². The van der Waals surface area contributed by atoms with Crippen LogP contribution in [0.3, 0.4) is 0 Å². The molecule has 0 bridgehead atoms. The van der Waals surface area contributed by atoms with Crippen LogP contribution in [0.15, 0.2) is 235 Å². The van der Waals surface area contributed by atoms with Gasteiger partial charge in [-0.1, -0.05) is 152 Å². The number of hydrogen-bond acceptors (Lipinski definition) is 2. The van der Waals surface area contributed by atoms with Crippen molar-refractivity contribution in [2.75, 3.05) is 4.90 Å². The van der Waals surface area contributed by atoms with Crippen LogP contribution in [0.25, 0.3) is 93.6 Å². The van der Waals surface area contributed by atoms with Gasteiger partial charge in [-0.25, -0.2) is 0 Å². The predicted molar refractivity (Wildman–Crippen MR) is 257 cm³/mol. The predicted octanol–water partition coefficient (Wildman–Crippen LogP) is 16.3. The van der Waals surface area contributed by atoms with E-state index in [1.807, 2.05) is 12.1 Å². The lowest BCUT2D eigenvalue weighted by molar-refractivity contribution is 0.669. The summed E-state index contributed by atoms with van der Waals surface area (Å²) in [6.45, 7) is 0. The molecule has 0 atom stereocenters. The molecule has 3 heteroatoms. The third-order valence-electron chi connectivity index (χ3n) is 12.2. The summed E-state index contributed by atoms with van der Waals surface area (Å²) in [6.07, 6.45) is 0. The topological polar surface area (TPSA) is 21.3 Å². The van der Waals surface area contributed by atoms with Gasteiger partial charge in [-0.2, -0.15) is 0 Å². The molecule has 0 saturated carbocycles. The number of nitrogens with zero attached hydrogens (tertiary/aromatic N) is 2. The van der Waals surface area contributed by atoms with Gasteiger partial charge in [0, 0.05) is 44.2 Å². The van der Waals surface area contributed by atoms with Crippen molar-refractivity contribution in [3.8, 4) is 39.1 Å². The number of fused-ring (bicyclic) bond motifs is 7. The van der Waals surface area contributed by atoms with E-state index in [2.05, 4.69) is 228 Å². The Bertz CT molecular complexity index is 3540. The first kappa shape index (κ1) is 34.9. The van der Waals surface area contributed by atoms with Gasteiger partial charge >= 0.3 is 0 Å². The zero-order valence-corrected chi connectivity index (χ0v) is 33.2. The number of benzene rings is 10. The Morgan fingerprint density at radius 3 is 1.61 bits per heavy atom. The molecule has 0 N–H and O–H groups in total. The first-order chi connectivity index (χ1) is 30.2. The van der Waals surface area contributed by atoms with Gasteiger partial charge < -0.3 is 13.9 Å². The largest absolute Gasteiger partial charge is 0.456 e. The maximum Gasteiger partial charge on any atom is 0.135 e. The highest BCUT2D eigenvalue weighted by molar-refractivity contribution is 6.10. The molecule has 12 rings (SSSR count). The van der Waals surface area contributed by atoms with E-state index >= 15 is 0 Å². The summed E-state index contributed by atoms with van der Waals surface area (Å²) in [6, 6.07) is 83.0. The van der Waals surface area contributed by atoms with Crippen molar-refractivity contribution >= 4 is 71.6 Å². The molecule has 0 unspecified atom stereocenters. The number of anilines is 3. The minimum absolute atomic E-state index is 0.878. The number of hydrogen-bond donors (Lipinski definition) is 0. The lowest BCUT2D eigenvalue weighted by Crippen LogP contribution is -2.09. The Morgan fingerprint density at radius 2 is 0.852 bits per heavy atom. The van der Waals surface area contributed by atoms with Gasteiger partial charge in [-0.05, 0) is 117 Å². The summed E-state index contributed by atoms with van der Waals surface area (Å²) in [4.78, 5) is 2.35. The number of aromatic nitrogens is 1. The first-order valence-electron chi connectivity index (χ1n) is 20.8. The molecule has 0 saturated heterocycles. The zero-order chi connectivity index (χ0) is 40.3. The van der Waals surface area contributed by atoms with Crippen LogP contribution in [-0.4, -0.2) is 4.57 Å². The van der Waals surface area contributed by atoms with Crippen LogP contribution in [0.4, 0.5) is 17.1 Å². The summed E-state index contributed by atoms with van der Waals surface area (Å²) < 4.78 is 8.67. The van der Waals surface area contributed by atoms with Gasteiger partial charge in [-0.3, -0.25) is 0 Å². The molecule has 0 spiro atoms. The van der Waals surface area contributed by atoms with Crippen molar-refractivity contribution in [3.63, 3.8) is 0 Å². The highest BCUT2D eigenvalue weighted by Gasteiger charge is 2.18. The maximum atomic E-state index is 6.27. The van der Waals surface area contributed by atoms with Gasteiger partial charge in [0.25, 0.3) is 0 Å². The fourth-order valence-electron chi connectivity index (χ4n) is 9.24. The fourth-order valence-corrected chi connectivity index (χ4v) is 9.24. The monoisotopic (exact) mass is 778 g/mol. The standard InChI is InChI=1S/C58H38N2O/c1-2-13-42-37-45(25-24-39(42)12-1)44-15-11-14-43(36-44)40-26-30-46(31-27-40)59(48-34-35-58-53(38-48)52-19-6-10-23-57(52)61-58)47-32-28-41(29-33-47)49-16-3-7-20-54(49)60-55-21-8-4-17-50(55)51-18-5-9-22-56(51)60/h1-38H. The molecule has 2 heterocycles. The summed E-state index contributed by atoms with van der Waals surface area (Å²) in [5.41, 5.74) is 15.6. The van der Waals surface area contributed by atoms with Crippen molar-refractivity contribution in [1.29, 1.82) is 0 Å². The Labute approximate surface area is 353 Å². The summed E-state index contributed by atoms with van der Waals surface area (Å²) >= 11 is 0. The van der Waals surface area contributed by atoms with Gasteiger partial charge in [0.2, 0.25) is 0 Å². The van der Waals surface area contributed by atoms with E-state index in [4.69, 9.17) is 4.42 Å². The normalized spacial score (nSPS) is 11.6. The molecule has 0 aliphatic carbocycles. The maximum absolute atomic E-state index is 6.27. The SMILES string of the molecule is c1cc(-c2ccc(N(c3ccc(-c4ccccc4-n4c5ccccc5c5ccccc54)cc3)c3ccc4oc5ccccc5c4c3)cc2)cc(-c2ccc3ccccc3c2)c1. The zero-order valence-electron chi connectivity index (χ0n) is 33.2.